The molecule has 7 nitrogen and oxygen atoms in total. The molecule has 0 unspecified atom stereocenters. The van der Waals surface area contributed by atoms with Crippen LogP contribution < -0.4 is 20.1 Å². The number of guanidine groups is 1. The number of aliphatic imine (C=N–C) groups is 1. The summed E-state index contributed by atoms with van der Waals surface area (Å²) in [6.45, 7) is 2.00. The summed E-state index contributed by atoms with van der Waals surface area (Å²) in [5.74, 6) is 2.25. The lowest BCUT2D eigenvalue weighted by molar-refractivity contribution is -0.127. The van der Waals surface area contributed by atoms with E-state index in [0.29, 0.717) is 31.8 Å². The Kier molecular flexibility index (Phi) is 9.14. The van der Waals surface area contributed by atoms with Gasteiger partial charge in [0.15, 0.2) is 17.5 Å². The van der Waals surface area contributed by atoms with E-state index in [0.717, 1.165) is 36.3 Å². The highest BCUT2D eigenvalue weighted by atomic mass is 127. The number of nitrogens with zero attached hydrogens (tertiary/aromatic N) is 2. The molecular weight excluding hydrogens is 471 g/mol. The Morgan fingerprint density at radius 3 is 2.68 bits per heavy atom. The standard InChI is InChI=1S/C20H30N4O3.HI/c1-24(2)18(25)14-22-20(23-16-8-3-4-9-16)21-13-15-7-5-10-17-19(15)27-12-6-11-26-17;/h5,7,10,16H,3-4,6,8-9,11-14H2,1-2H3,(H2,21,22,23);1H. The Bertz CT molecular complexity index is 675. The monoisotopic (exact) mass is 502 g/mol. The fourth-order valence-corrected chi connectivity index (χ4v) is 3.28. The lowest BCUT2D eigenvalue weighted by Gasteiger charge is -2.19. The van der Waals surface area contributed by atoms with Crippen molar-refractivity contribution in [2.75, 3.05) is 33.9 Å². The highest BCUT2D eigenvalue weighted by Gasteiger charge is 2.18. The number of hydrogen-bond donors (Lipinski definition) is 2. The molecule has 1 aromatic rings. The van der Waals surface area contributed by atoms with Crippen molar-refractivity contribution in [1.82, 2.24) is 15.5 Å². The van der Waals surface area contributed by atoms with Gasteiger partial charge >= 0.3 is 0 Å². The van der Waals surface area contributed by atoms with Crippen LogP contribution in [0, 0.1) is 0 Å². The normalized spacial score (nSPS) is 16.7. The quantitative estimate of drug-likeness (QED) is 0.368. The topological polar surface area (TPSA) is 75.2 Å². The smallest absolute Gasteiger partial charge is 0.241 e. The molecule has 1 aromatic carbocycles. The zero-order valence-corrected chi connectivity index (χ0v) is 19.0. The van der Waals surface area contributed by atoms with Crippen LogP contribution in [0.15, 0.2) is 23.2 Å². The number of fused-ring (bicyclic) bond motifs is 1. The summed E-state index contributed by atoms with van der Waals surface area (Å²) < 4.78 is 11.6. The maximum absolute atomic E-state index is 11.9. The Morgan fingerprint density at radius 2 is 1.93 bits per heavy atom. The summed E-state index contributed by atoms with van der Waals surface area (Å²) in [4.78, 5) is 18.2. The zero-order valence-electron chi connectivity index (χ0n) is 16.7. The summed E-state index contributed by atoms with van der Waals surface area (Å²) in [5.41, 5.74) is 0.987. The van der Waals surface area contributed by atoms with Crippen LogP contribution >= 0.6 is 24.0 Å². The largest absolute Gasteiger partial charge is 0.490 e. The zero-order chi connectivity index (χ0) is 19.1. The molecule has 0 atom stereocenters. The molecule has 1 saturated carbocycles. The average Bonchev–Trinajstić information content (AvgIpc) is 3.05. The third-order valence-corrected chi connectivity index (χ3v) is 4.86. The molecule has 1 aliphatic heterocycles. The number of carbonyl (C=O) groups excluding carboxylic acids is 1. The number of para-hydroxylation sites is 1. The lowest BCUT2D eigenvalue weighted by Crippen LogP contribution is -2.46. The fraction of sp³-hybridized carbons (Fsp3) is 0.600. The maximum atomic E-state index is 11.9. The molecule has 28 heavy (non-hydrogen) atoms. The highest BCUT2D eigenvalue weighted by Crippen LogP contribution is 2.33. The molecule has 0 saturated heterocycles. The number of carbonyl (C=O) groups is 1. The van der Waals surface area contributed by atoms with E-state index < -0.39 is 0 Å². The van der Waals surface area contributed by atoms with Crippen molar-refractivity contribution in [3.05, 3.63) is 23.8 Å². The van der Waals surface area contributed by atoms with Gasteiger partial charge in [-0.25, -0.2) is 4.99 Å². The third kappa shape index (κ3) is 6.42. The van der Waals surface area contributed by atoms with Gasteiger partial charge in [0.05, 0.1) is 26.3 Å². The summed E-state index contributed by atoms with van der Waals surface area (Å²) in [6, 6.07) is 6.32. The number of benzene rings is 1. The minimum atomic E-state index is 0. The van der Waals surface area contributed by atoms with E-state index in [1.54, 1.807) is 19.0 Å². The second-order valence-corrected chi connectivity index (χ2v) is 7.23. The molecule has 0 aromatic heterocycles. The first-order valence-electron chi connectivity index (χ1n) is 9.76. The predicted molar refractivity (Wildman–Crippen MR) is 121 cm³/mol. The summed E-state index contributed by atoms with van der Waals surface area (Å²) in [5, 5.41) is 6.63. The van der Waals surface area contributed by atoms with Crippen LogP contribution in [-0.4, -0.2) is 56.7 Å². The van der Waals surface area contributed by atoms with Crippen LogP contribution in [0.4, 0.5) is 0 Å². The van der Waals surface area contributed by atoms with E-state index in [4.69, 9.17) is 14.5 Å². The van der Waals surface area contributed by atoms with E-state index >= 15 is 0 Å². The van der Waals surface area contributed by atoms with Crippen LogP contribution in [0.2, 0.25) is 0 Å². The van der Waals surface area contributed by atoms with Crippen LogP contribution in [0.1, 0.15) is 37.7 Å². The summed E-state index contributed by atoms with van der Waals surface area (Å²) in [6.07, 6.45) is 5.62. The molecule has 1 amide bonds. The van der Waals surface area contributed by atoms with Crippen molar-refractivity contribution in [2.45, 2.75) is 44.7 Å². The Hall–Kier alpha value is -1.71. The van der Waals surface area contributed by atoms with Crippen molar-refractivity contribution >= 4 is 35.8 Å². The molecule has 0 bridgehead atoms. The third-order valence-electron chi connectivity index (χ3n) is 4.86. The van der Waals surface area contributed by atoms with E-state index in [9.17, 15) is 4.79 Å². The number of halogens is 1. The van der Waals surface area contributed by atoms with Gasteiger partial charge in [-0.2, -0.15) is 0 Å². The van der Waals surface area contributed by atoms with Crippen LogP contribution in [-0.2, 0) is 11.3 Å². The highest BCUT2D eigenvalue weighted by molar-refractivity contribution is 14.0. The van der Waals surface area contributed by atoms with E-state index in [1.807, 2.05) is 18.2 Å². The minimum Gasteiger partial charge on any atom is -0.490 e. The number of hydrogen-bond acceptors (Lipinski definition) is 4. The minimum absolute atomic E-state index is 0. The van der Waals surface area contributed by atoms with Crippen molar-refractivity contribution < 1.29 is 14.3 Å². The predicted octanol–water partition coefficient (Wildman–Crippen LogP) is 2.53. The number of likely N-dealkylation sites (N-methyl/N-ethyl adjacent to an activating group) is 1. The molecule has 156 valence electrons. The second kappa shape index (κ2) is 11.3. The van der Waals surface area contributed by atoms with Gasteiger partial charge in [0.1, 0.15) is 0 Å². The molecule has 2 aliphatic rings. The van der Waals surface area contributed by atoms with Gasteiger partial charge < -0.3 is 25.0 Å². The van der Waals surface area contributed by atoms with Gasteiger partial charge in [-0.15, -0.1) is 24.0 Å². The Labute approximate surface area is 184 Å². The van der Waals surface area contributed by atoms with Gasteiger partial charge in [0.25, 0.3) is 0 Å². The van der Waals surface area contributed by atoms with Crippen molar-refractivity contribution in [3.8, 4) is 11.5 Å². The van der Waals surface area contributed by atoms with Crippen molar-refractivity contribution in [2.24, 2.45) is 4.99 Å². The molecule has 1 aliphatic carbocycles. The first-order valence-corrected chi connectivity index (χ1v) is 9.76. The fourth-order valence-electron chi connectivity index (χ4n) is 3.28. The number of ether oxygens (including phenoxy) is 2. The number of nitrogens with one attached hydrogen (secondary N) is 2. The van der Waals surface area contributed by atoms with Gasteiger partial charge in [-0.3, -0.25) is 4.79 Å². The molecule has 1 fully saturated rings. The number of amides is 1. The van der Waals surface area contributed by atoms with Crippen LogP contribution in [0.3, 0.4) is 0 Å². The molecule has 1 heterocycles. The second-order valence-electron chi connectivity index (χ2n) is 7.23. The Balaban J connectivity index is 0.00000280. The van der Waals surface area contributed by atoms with Gasteiger partial charge in [0, 0.05) is 32.1 Å². The van der Waals surface area contributed by atoms with Crippen molar-refractivity contribution in [1.29, 1.82) is 0 Å². The first-order chi connectivity index (χ1) is 13.1. The molecular formula is C20H31IN4O3. The molecule has 8 heteroatoms. The van der Waals surface area contributed by atoms with Gasteiger partial charge in [-0.05, 0) is 18.9 Å². The van der Waals surface area contributed by atoms with E-state index in [2.05, 4.69) is 10.6 Å². The van der Waals surface area contributed by atoms with Gasteiger partial charge in [-0.1, -0.05) is 25.0 Å². The Morgan fingerprint density at radius 1 is 1.18 bits per heavy atom. The lowest BCUT2D eigenvalue weighted by atomic mass is 10.2. The van der Waals surface area contributed by atoms with Crippen LogP contribution in [0.25, 0.3) is 0 Å². The molecule has 0 spiro atoms. The van der Waals surface area contributed by atoms with Gasteiger partial charge in [0.2, 0.25) is 5.91 Å². The maximum Gasteiger partial charge on any atom is 0.241 e. The van der Waals surface area contributed by atoms with E-state index in [1.165, 1.54) is 12.8 Å². The van der Waals surface area contributed by atoms with Crippen LogP contribution in [0.5, 0.6) is 11.5 Å². The number of rotatable bonds is 5. The summed E-state index contributed by atoms with van der Waals surface area (Å²) in [7, 11) is 3.50. The molecule has 3 rings (SSSR count). The molecule has 2 N–H and O–H groups in total. The SMILES string of the molecule is CN(C)C(=O)CNC(=NCc1cccc2c1OCCCO2)NC1CCCC1.I. The molecule has 0 radical (unpaired) electrons. The average molecular weight is 502 g/mol. The van der Waals surface area contributed by atoms with E-state index in [-0.39, 0.29) is 36.4 Å². The van der Waals surface area contributed by atoms with Crippen molar-refractivity contribution in [3.63, 3.8) is 0 Å². The first kappa shape index (κ1) is 22.6. The summed E-state index contributed by atoms with van der Waals surface area (Å²) >= 11 is 0.